The first-order chi connectivity index (χ1) is 13.7. The number of nitrogens with zero attached hydrogens (tertiary/aromatic N) is 4. The number of aliphatic carboxylic acids is 1. The molecule has 152 valence electrons. The first-order valence-electron chi connectivity index (χ1n) is 8.47. The van der Waals surface area contributed by atoms with Crippen LogP contribution in [-0.4, -0.2) is 36.5 Å². The van der Waals surface area contributed by atoms with E-state index in [0.717, 1.165) is 12.1 Å². The van der Waals surface area contributed by atoms with Crippen LogP contribution in [0.5, 0.6) is 0 Å². The second-order valence-electron chi connectivity index (χ2n) is 6.16. The van der Waals surface area contributed by atoms with Crippen molar-refractivity contribution in [2.45, 2.75) is 25.7 Å². The van der Waals surface area contributed by atoms with E-state index in [1.807, 2.05) is 0 Å². The largest absolute Gasteiger partial charge is 0.481 e. The van der Waals surface area contributed by atoms with Gasteiger partial charge in [0.1, 0.15) is 0 Å². The number of rotatable bonds is 7. The zero-order valence-corrected chi connectivity index (χ0v) is 14.9. The van der Waals surface area contributed by atoms with E-state index in [2.05, 4.69) is 15.5 Å². The fourth-order valence-corrected chi connectivity index (χ4v) is 2.55. The smallest absolute Gasteiger partial charge is 0.416 e. The Kier molecular flexibility index (Phi) is 5.66. The number of carbonyl (C=O) groups is 2. The van der Waals surface area contributed by atoms with Crippen LogP contribution in [0.2, 0.25) is 0 Å². The fraction of sp³-hybridized carbons (Fsp3) is 0.222. The standard InChI is InChI=1S/C18H16F3N5O3/c19-18(20,21)13-3-1-2-12(10-13)11-26-8-5-15(24-26)22-17(29)14-4-7-25(23-14)9-6-16(27)28/h1-5,7-8,10H,6,9,11H2,(H,27,28)(H,22,24,29). The van der Waals surface area contributed by atoms with Crippen LogP contribution in [0.4, 0.5) is 19.0 Å². The molecule has 0 aliphatic rings. The van der Waals surface area contributed by atoms with Crippen LogP contribution in [0.1, 0.15) is 28.0 Å². The number of amides is 1. The van der Waals surface area contributed by atoms with E-state index in [1.165, 1.54) is 40.0 Å². The molecule has 29 heavy (non-hydrogen) atoms. The molecule has 11 heteroatoms. The van der Waals surface area contributed by atoms with Gasteiger partial charge in [-0.3, -0.25) is 19.0 Å². The van der Waals surface area contributed by atoms with Gasteiger partial charge in [-0.1, -0.05) is 12.1 Å². The lowest BCUT2D eigenvalue weighted by Crippen LogP contribution is -2.14. The van der Waals surface area contributed by atoms with Gasteiger partial charge in [0.05, 0.1) is 25.1 Å². The number of carbonyl (C=O) groups excluding carboxylic acids is 1. The van der Waals surface area contributed by atoms with Crippen LogP contribution in [0, 0.1) is 0 Å². The first-order valence-corrected chi connectivity index (χ1v) is 8.47. The van der Waals surface area contributed by atoms with Gasteiger partial charge < -0.3 is 10.4 Å². The molecule has 8 nitrogen and oxygen atoms in total. The summed E-state index contributed by atoms with van der Waals surface area (Å²) in [5.41, 5.74) is -0.241. The molecule has 0 atom stereocenters. The molecule has 0 unspecified atom stereocenters. The van der Waals surface area contributed by atoms with Crippen molar-refractivity contribution in [1.82, 2.24) is 19.6 Å². The van der Waals surface area contributed by atoms with Crippen molar-refractivity contribution in [1.29, 1.82) is 0 Å². The van der Waals surface area contributed by atoms with Crippen molar-refractivity contribution in [2.24, 2.45) is 0 Å². The number of hydrogen-bond acceptors (Lipinski definition) is 4. The van der Waals surface area contributed by atoms with Crippen LogP contribution in [0.15, 0.2) is 48.8 Å². The molecule has 0 saturated carbocycles. The van der Waals surface area contributed by atoms with Crippen molar-refractivity contribution in [2.75, 3.05) is 5.32 Å². The van der Waals surface area contributed by atoms with Crippen LogP contribution < -0.4 is 5.32 Å². The van der Waals surface area contributed by atoms with Crippen LogP contribution in [0.25, 0.3) is 0 Å². The molecule has 0 saturated heterocycles. The normalized spacial score (nSPS) is 11.4. The van der Waals surface area contributed by atoms with Crippen molar-refractivity contribution in [3.05, 3.63) is 65.6 Å². The SMILES string of the molecule is O=C(O)CCn1ccc(C(=O)Nc2ccn(Cc3cccc(C(F)(F)F)c3)n2)n1. The highest BCUT2D eigenvalue weighted by atomic mass is 19.4. The Bertz CT molecular complexity index is 1030. The van der Waals surface area contributed by atoms with Crippen molar-refractivity contribution in [3.63, 3.8) is 0 Å². The summed E-state index contributed by atoms with van der Waals surface area (Å²) >= 11 is 0. The zero-order valence-electron chi connectivity index (χ0n) is 14.9. The Morgan fingerprint density at radius 3 is 2.55 bits per heavy atom. The third-order valence-corrected chi connectivity index (χ3v) is 3.91. The monoisotopic (exact) mass is 407 g/mol. The Morgan fingerprint density at radius 1 is 1.07 bits per heavy atom. The molecule has 3 rings (SSSR count). The summed E-state index contributed by atoms with van der Waals surface area (Å²) in [5, 5.41) is 19.3. The summed E-state index contributed by atoms with van der Waals surface area (Å²) in [7, 11) is 0. The van der Waals surface area contributed by atoms with Crippen molar-refractivity contribution in [3.8, 4) is 0 Å². The van der Waals surface area contributed by atoms with E-state index in [-0.39, 0.29) is 31.0 Å². The average Bonchev–Trinajstić information content (AvgIpc) is 3.29. The number of anilines is 1. The lowest BCUT2D eigenvalue weighted by molar-refractivity contribution is -0.138. The summed E-state index contributed by atoms with van der Waals surface area (Å²) in [5.74, 6) is -1.30. The quantitative estimate of drug-likeness (QED) is 0.627. The summed E-state index contributed by atoms with van der Waals surface area (Å²) in [6.45, 7) is 0.234. The number of aryl methyl sites for hydroxylation is 1. The highest BCUT2D eigenvalue weighted by Crippen LogP contribution is 2.29. The van der Waals surface area contributed by atoms with Crippen LogP contribution in [-0.2, 0) is 24.1 Å². The van der Waals surface area contributed by atoms with E-state index in [9.17, 15) is 22.8 Å². The van der Waals surface area contributed by atoms with Gasteiger partial charge in [-0.15, -0.1) is 0 Å². The fourth-order valence-electron chi connectivity index (χ4n) is 2.55. The van der Waals surface area contributed by atoms with Gasteiger partial charge in [0.25, 0.3) is 5.91 Å². The first kappa shape index (κ1) is 20.1. The molecule has 0 spiro atoms. The molecule has 0 radical (unpaired) electrons. The van der Waals surface area contributed by atoms with Gasteiger partial charge in [-0.05, 0) is 23.8 Å². The van der Waals surface area contributed by atoms with E-state index < -0.39 is 23.6 Å². The number of aromatic nitrogens is 4. The molecule has 2 N–H and O–H groups in total. The molecule has 0 aliphatic heterocycles. The maximum atomic E-state index is 12.8. The number of halogens is 3. The number of carboxylic acid groups (broad SMARTS) is 1. The van der Waals surface area contributed by atoms with E-state index in [0.29, 0.717) is 5.56 Å². The minimum absolute atomic E-state index is 0.0859. The number of carboxylic acids is 1. The Hall–Kier alpha value is -3.63. The Morgan fingerprint density at radius 2 is 1.83 bits per heavy atom. The molecule has 2 aromatic heterocycles. The lowest BCUT2D eigenvalue weighted by Gasteiger charge is -2.08. The summed E-state index contributed by atoms with van der Waals surface area (Å²) in [4.78, 5) is 22.8. The molecule has 1 aromatic carbocycles. The summed E-state index contributed by atoms with van der Waals surface area (Å²) < 4.78 is 41.1. The highest BCUT2D eigenvalue weighted by Gasteiger charge is 2.30. The van der Waals surface area contributed by atoms with E-state index >= 15 is 0 Å². The van der Waals surface area contributed by atoms with Gasteiger partial charge in [0.2, 0.25) is 0 Å². The molecular weight excluding hydrogens is 391 g/mol. The van der Waals surface area contributed by atoms with Gasteiger partial charge in [0.15, 0.2) is 11.5 Å². The molecule has 2 heterocycles. The maximum Gasteiger partial charge on any atom is 0.416 e. The minimum atomic E-state index is -4.42. The molecule has 3 aromatic rings. The van der Waals surface area contributed by atoms with E-state index in [1.54, 1.807) is 6.07 Å². The van der Waals surface area contributed by atoms with Gasteiger partial charge in [0, 0.05) is 18.5 Å². The highest BCUT2D eigenvalue weighted by molar-refractivity contribution is 6.02. The van der Waals surface area contributed by atoms with Crippen molar-refractivity contribution < 1.29 is 27.9 Å². The number of benzene rings is 1. The summed E-state index contributed by atoms with van der Waals surface area (Å²) in [6.07, 6.45) is -1.53. The predicted octanol–water partition coefficient (Wildman–Crippen LogP) is 2.87. The predicted molar refractivity (Wildman–Crippen MR) is 95.2 cm³/mol. The Labute approximate surface area is 162 Å². The minimum Gasteiger partial charge on any atom is -0.481 e. The van der Waals surface area contributed by atoms with Gasteiger partial charge >= 0.3 is 12.1 Å². The maximum absolute atomic E-state index is 12.8. The summed E-state index contributed by atoms with van der Waals surface area (Å²) in [6, 6.07) is 7.87. The third-order valence-electron chi connectivity index (χ3n) is 3.91. The number of hydrogen-bond donors (Lipinski definition) is 2. The lowest BCUT2D eigenvalue weighted by atomic mass is 10.1. The second-order valence-corrected chi connectivity index (χ2v) is 6.16. The van der Waals surface area contributed by atoms with E-state index in [4.69, 9.17) is 5.11 Å². The molecule has 0 aliphatic carbocycles. The zero-order chi connectivity index (χ0) is 21.0. The second kappa shape index (κ2) is 8.17. The Balaban J connectivity index is 1.62. The number of nitrogens with one attached hydrogen (secondary N) is 1. The molecular formula is C18H16F3N5O3. The van der Waals surface area contributed by atoms with Crippen molar-refractivity contribution >= 4 is 17.7 Å². The van der Waals surface area contributed by atoms with Gasteiger partial charge in [-0.2, -0.15) is 23.4 Å². The molecule has 0 fully saturated rings. The molecule has 0 bridgehead atoms. The topological polar surface area (TPSA) is 102 Å². The number of alkyl halides is 3. The van der Waals surface area contributed by atoms with Gasteiger partial charge in [-0.25, -0.2) is 0 Å². The van der Waals surface area contributed by atoms with Crippen LogP contribution >= 0.6 is 0 Å². The molecule has 1 amide bonds. The van der Waals surface area contributed by atoms with Crippen LogP contribution in [0.3, 0.4) is 0 Å². The third kappa shape index (κ3) is 5.43. The average molecular weight is 407 g/mol.